The molecule has 1 aromatic heterocycles. The summed E-state index contributed by atoms with van der Waals surface area (Å²) in [5.41, 5.74) is 0. The number of hydrogen-bond donors (Lipinski definition) is 0. The fraction of sp³-hybridized carbons (Fsp3) is 0.850. The van der Waals surface area contributed by atoms with Gasteiger partial charge in [0.1, 0.15) is 6.04 Å². The summed E-state index contributed by atoms with van der Waals surface area (Å²) in [6, 6.07) is -0.0393. The van der Waals surface area contributed by atoms with Crippen molar-refractivity contribution in [2.75, 3.05) is 33.0 Å². The molecule has 0 aromatic carbocycles. The van der Waals surface area contributed by atoms with E-state index in [4.69, 9.17) is 14.0 Å². The van der Waals surface area contributed by atoms with Gasteiger partial charge < -0.3 is 18.9 Å². The summed E-state index contributed by atoms with van der Waals surface area (Å²) in [6.45, 7) is 3.89. The molecular formula is C20H31N3O4. The molecule has 3 fully saturated rings. The third kappa shape index (κ3) is 4.69. The van der Waals surface area contributed by atoms with E-state index in [-0.39, 0.29) is 17.9 Å². The van der Waals surface area contributed by atoms with Gasteiger partial charge in [0.05, 0.1) is 6.61 Å². The van der Waals surface area contributed by atoms with Crippen LogP contribution in [0.3, 0.4) is 0 Å². The van der Waals surface area contributed by atoms with Crippen molar-refractivity contribution in [3.05, 3.63) is 11.7 Å². The van der Waals surface area contributed by atoms with Crippen molar-refractivity contribution in [1.82, 2.24) is 15.0 Å². The molecule has 0 spiro atoms. The average Bonchev–Trinajstić information content (AvgIpc) is 3.47. The molecular weight excluding hydrogens is 346 g/mol. The first-order valence-electron chi connectivity index (χ1n) is 10.6. The Bertz CT molecular complexity index is 608. The topological polar surface area (TPSA) is 77.7 Å². The highest BCUT2D eigenvalue weighted by molar-refractivity contribution is 5.79. The van der Waals surface area contributed by atoms with Gasteiger partial charge in [-0.3, -0.25) is 4.79 Å². The van der Waals surface area contributed by atoms with E-state index in [0.29, 0.717) is 30.7 Å². The van der Waals surface area contributed by atoms with E-state index in [1.54, 1.807) is 0 Å². The maximum Gasteiger partial charge on any atom is 0.249 e. The maximum atomic E-state index is 12.8. The van der Waals surface area contributed by atoms with Crippen LogP contribution in [0.2, 0.25) is 0 Å². The third-order valence-electron chi connectivity index (χ3n) is 6.17. The molecule has 3 aliphatic rings. The molecule has 7 heteroatoms. The highest BCUT2D eigenvalue weighted by atomic mass is 16.5. The number of rotatable bonds is 7. The first kappa shape index (κ1) is 18.9. The van der Waals surface area contributed by atoms with Gasteiger partial charge in [0.25, 0.3) is 0 Å². The van der Waals surface area contributed by atoms with E-state index in [1.165, 1.54) is 12.8 Å². The lowest BCUT2D eigenvalue weighted by Crippen LogP contribution is -2.35. The second-order valence-corrected chi connectivity index (χ2v) is 8.10. The molecule has 1 saturated carbocycles. The first-order valence-corrected chi connectivity index (χ1v) is 10.6. The van der Waals surface area contributed by atoms with E-state index in [9.17, 15) is 4.79 Å². The Balaban J connectivity index is 1.25. The lowest BCUT2D eigenvalue weighted by atomic mass is 10.0. The second-order valence-electron chi connectivity index (χ2n) is 8.10. The average molecular weight is 377 g/mol. The number of nitrogens with zero attached hydrogens (tertiary/aromatic N) is 3. The third-order valence-corrected chi connectivity index (χ3v) is 6.17. The fourth-order valence-corrected chi connectivity index (χ4v) is 4.53. The van der Waals surface area contributed by atoms with Gasteiger partial charge in [0, 0.05) is 38.7 Å². The standard InChI is InChI=1S/C20H31N3O4/c24-20(16-4-1-2-5-16)23-10-3-6-17(23)19-21-18(22-27-19)9-13-26-14-15-7-11-25-12-8-15/h15-17H,1-14H2. The van der Waals surface area contributed by atoms with Gasteiger partial charge in [-0.1, -0.05) is 18.0 Å². The molecule has 7 nitrogen and oxygen atoms in total. The van der Waals surface area contributed by atoms with Crippen LogP contribution >= 0.6 is 0 Å². The van der Waals surface area contributed by atoms with Gasteiger partial charge in [-0.2, -0.15) is 4.98 Å². The van der Waals surface area contributed by atoms with Crippen molar-refractivity contribution >= 4 is 5.91 Å². The quantitative estimate of drug-likeness (QED) is 0.680. The summed E-state index contributed by atoms with van der Waals surface area (Å²) in [4.78, 5) is 19.4. The SMILES string of the molecule is O=C(C1CCCC1)N1CCCC1c1nc(CCOCC2CCOCC2)no1. The zero-order valence-corrected chi connectivity index (χ0v) is 16.1. The van der Waals surface area contributed by atoms with Gasteiger partial charge in [-0.15, -0.1) is 0 Å². The molecule has 4 rings (SSSR count). The molecule has 3 heterocycles. The Morgan fingerprint density at radius 1 is 1.11 bits per heavy atom. The molecule has 0 N–H and O–H groups in total. The van der Waals surface area contributed by atoms with Crippen LogP contribution in [0.1, 0.15) is 69.1 Å². The number of amides is 1. The predicted molar refractivity (Wildman–Crippen MR) is 98.0 cm³/mol. The van der Waals surface area contributed by atoms with Crippen molar-refractivity contribution < 1.29 is 18.8 Å². The van der Waals surface area contributed by atoms with Crippen molar-refractivity contribution in [1.29, 1.82) is 0 Å². The molecule has 1 unspecified atom stereocenters. The molecule has 150 valence electrons. The highest BCUT2D eigenvalue weighted by Crippen LogP contribution is 2.35. The second kappa shape index (κ2) is 9.15. The van der Waals surface area contributed by atoms with E-state index in [2.05, 4.69) is 10.1 Å². The zero-order valence-electron chi connectivity index (χ0n) is 16.1. The highest BCUT2D eigenvalue weighted by Gasteiger charge is 2.37. The molecule has 1 aromatic rings. The lowest BCUT2D eigenvalue weighted by molar-refractivity contribution is -0.136. The first-order chi connectivity index (χ1) is 13.3. The van der Waals surface area contributed by atoms with Crippen LogP contribution in [0.15, 0.2) is 4.52 Å². The van der Waals surface area contributed by atoms with Crippen LogP contribution < -0.4 is 0 Å². The van der Waals surface area contributed by atoms with Crippen LogP contribution in [0.5, 0.6) is 0 Å². The van der Waals surface area contributed by atoms with Crippen molar-refractivity contribution in [3.8, 4) is 0 Å². The Morgan fingerprint density at radius 2 is 1.93 bits per heavy atom. The minimum absolute atomic E-state index is 0.0393. The van der Waals surface area contributed by atoms with E-state index >= 15 is 0 Å². The zero-order chi connectivity index (χ0) is 18.5. The molecule has 0 radical (unpaired) electrons. The monoisotopic (exact) mass is 377 g/mol. The summed E-state index contributed by atoms with van der Waals surface area (Å²) in [6.07, 6.45) is 9.15. The molecule has 0 bridgehead atoms. The summed E-state index contributed by atoms with van der Waals surface area (Å²) < 4.78 is 16.7. The van der Waals surface area contributed by atoms with Gasteiger partial charge in [0.15, 0.2) is 5.82 Å². The number of ether oxygens (including phenoxy) is 2. The van der Waals surface area contributed by atoms with E-state index in [0.717, 1.165) is 64.9 Å². The molecule has 1 aliphatic carbocycles. The summed E-state index contributed by atoms with van der Waals surface area (Å²) in [5, 5.41) is 4.11. The number of hydrogen-bond acceptors (Lipinski definition) is 6. The van der Waals surface area contributed by atoms with E-state index < -0.39 is 0 Å². The Hall–Kier alpha value is -1.47. The summed E-state index contributed by atoms with van der Waals surface area (Å²) >= 11 is 0. The number of carbonyl (C=O) groups excluding carboxylic acids is 1. The number of aromatic nitrogens is 2. The molecule has 1 amide bonds. The number of likely N-dealkylation sites (tertiary alicyclic amines) is 1. The van der Waals surface area contributed by atoms with Crippen LogP contribution in [0.25, 0.3) is 0 Å². The molecule has 27 heavy (non-hydrogen) atoms. The summed E-state index contributed by atoms with van der Waals surface area (Å²) in [7, 11) is 0. The van der Waals surface area contributed by atoms with Crippen LogP contribution in [0, 0.1) is 11.8 Å². The normalized spacial score (nSPS) is 24.7. The van der Waals surface area contributed by atoms with Crippen LogP contribution in [-0.2, 0) is 20.7 Å². The fourth-order valence-electron chi connectivity index (χ4n) is 4.53. The van der Waals surface area contributed by atoms with Gasteiger partial charge in [0.2, 0.25) is 11.8 Å². The lowest BCUT2D eigenvalue weighted by Gasteiger charge is -2.24. The van der Waals surface area contributed by atoms with Gasteiger partial charge in [-0.25, -0.2) is 0 Å². The predicted octanol–water partition coefficient (Wildman–Crippen LogP) is 2.91. The van der Waals surface area contributed by atoms with Crippen molar-refractivity contribution in [2.45, 2.75) is 63.8 Å². The molecule has 1 atom stereocenters. The Morgan fingerprint density at radius 3 is 2.74 bits per heavy atom. The Labute approximate surface area is 160 Å². The van der Waals surface area contributed by atoms with Gasteiger partial charge >= 0.3 is 0 Å². The van der Waals surface area contributed by atoms with E-state index in [1.807, 2.05) is 4.90 Å². The largest absolute Gasteiger partial charge is 0.381 e. The van der Waals surface area contributed by atoms with Crippen LogP contribution in [0.4, 0.5) is 0 Å². The van der Waals surface area contributed by atoms with Crippen molar-refractivity contribution in [2.24, 2.45) is 11.8 Å². The molecule has 2 aliphatic heterocycles. The minimum atomic E-state index is -0.0393. The Kier molecular flexibility index (Phi) is 6.39. The maximum absolute atomic E-state index is 12.8. The summed E-state index contributed by atoms with van der Waals surface area (Å²) in [5.74, 6) is 2.37. The molecule has 2 saturated heterocycles. The van der Waals surface area contributed by atoms with Crippen LogP contribution in [-0.4, -0.2) is 53.9 Å². The van der Waals surface area contributed by atoms with Gasteiger partial charge in [-0.05, 0) is 44.4 Å². The number of carbonyl (C=O) groups is 1. The smallest absolute Gasteiger partial charge is 0.249 e. The minimum Gasteiger partial charge on any atom is -0.381 e. The van der Waals surface area contributed by atoms with Crippen molar-refractivity contribution in [3.63, 3.8) is 0 Å².